The third kappa shape index (κ3) is 4.87. The molecule has 0 saturated carbocycles. The Morgan fingerprint density at radius 2 is 1.44 bits per heavy atom. The number of carbonyl (C=O) groups is 2. The van der Waals surface area contributed by atoms with Crippen molar-refractivity contribution < 1.29 is 19.2 Å². The van der Waals surface area contributed by atoms with Crippen LogP contribution in [-0.2, 0) is 4.79 Å². The van der Waals surface area contributed by atoms with Crippen molar-refractivity contribution in [3.8, 4) is 5.75 Å². The van der Waals surface area contributed by atoms with Crippen molar-refractivity contribution in [3.05, 3.63) is 34.4 Å². The second-order valence-electron chi connectivity index (χ2n) is 6.74. The Bertz CT molecular complexity index is 679. The molecule has 2 aliphatic rings. The van der Waals surface area contributed by atoms with Crippen molar-refractivity contribution in [1.29, 1.82) is 0 Å². The SMILES string of the molecule is O=C(COc1ccc([N+](=O)[O-])cc1)N1CCN(C(=O)N2CCCCC2)CC1. The molecule has 9 nitrogen and oxygen atoms in total. The number of rotatable bonds is 4. The molecule has 27 heavy (non-hydrogen) atoms. The van der Waals surface area contributed by atoms with Crippen LogP contribution in [0.3, 0.4) is 0 Å². The Balaban J connectivity index is 1.42. The van der Waals surface area contributed by atoms with Crippen LogP contribution in [0, 0.1) is 10.1 Å². The number of likely N-dealkylation sites (tertiary alicyclic amines) is 1. The molecule has 3 amide bonds. The molecule has 0 N–H and O–H groups in total. The maximum absolute atomic E-state index is 12.5. The highest BCUT2D eigenvalue weighted by Gasteiger charge is 2.27. The van der Waals surface area contributed by atoms with E-state index < -0.39 is 4.92 Å². The molecule has 1 aromatic rings. The van der Waals surface area contributed by atoms with Gasteiger partial charge in [0.05, 0.1) is 4.92 Å². The van der Waals surface area contributed by atoms with Gasteiger partial charge in [0.1, 0.15) is 5.75 Å². The van der Waals surface area contributed by atoms with Gasteiger partial charge in [-0.15, -0.1) is 0 Å². The summed E-state index contributed by atoms with van der Waals surface area (Å²) in [7, 11) is 0. The number of carbonyl (C=O) groups excluding carboxylic acids is 2. The van der Waals surface area contributed by atoms with E-state index in [-0.39, 0.29) is 24.2 Å². The number of hydrogen-bond acceptors (Lipinski definition) is 5. The smallest absolute Gasteiger partial charge is 0.320 e. The van der Waals surface area contributed by atoms with E-state index in [9.17, 15) is 19.7 Å². The van der Waals surface area contributed by atoms with E-state index in [1.807, 2.05) is 9.80 Å². The second-order valence-corrected chi connectivity index (χ2v) is 6.74. The maximum atomic E-state index is 12.5. The van der Waals surface area contributed by atoms with Crippen LogP contribution in [0.25, 0.3) is 0 Å². The van der Waals surface area contributed by atoms with Crippen LogP contribution in [0.1, 0.15) is 19.3 Å². The van der Waals surface area contributed by atoms with Gasteiger partial charge in [0, 0.05) is 51.4 Å². The van der Waals surface area contributed by atoms with Crippen molar-refractivity contribution in [1.82, 2.24) is 14.7 Å². The molecule has 2 aliphatic heterocycles. The molecule has 0 aliphatic carbocycles. The summed E-state index contributed by atoms with van der Waals surface area (Å²) in [6.07, 6.45) is 3.30. The molecule has 3 rings (SSSR count). The molecule has 2 heterocycles. The fraction of sp³-hybridized carbons (Fsp3) is 0.556. The molecule has 0 aromatic heterocycles. The van der Waals surface area contributed by atoms with Crippen LogP contribution >= 0.6 is 0 Å². The fourth-order valence-electron chi connectivity index (χ4n) is 3.33. The molecule has 2 saturated heterocycles. The van der Waals surface area contributed by atoms with Crippen molar-refractivity contribution in [3.63, 3.8) is 0 Å². The third-order valence-corrected chi connectivity index (χ3v) is 4.94. The lowest BCUT2D eigenvalue weighted by molar-refractivity contribution is -0.384. The largest absolute Gasteiger partial charge is 0.484 e. The van der Waals surface area contributed by atoms with E-state index >= 15 is 0 Å². The zero-order valence-corrected chi connectivity index (χ0v) is 15.2. The van der Waals surface area contributed by atoms with E-state index in [0.29, 0.717) is 31.9 Å². The number of urea groups is 1. The fourth-order valence-corrected chi connectivity index (χ4v) is 3.33. The van der Waals surface area contributed by atoms with Crippen LogP contribution in [-0.4, -0.2) is 77.4 Å². The predicted octanol–water partition coefficient (Wildman–Crippen LogP) is 1.72. The first kappa shape index (κ1) is 18.9. The lowest BCUT2D eigenvalue weighted by Gasteiger charge is -2.38. The van der Waals surface area contributed by atoms with E-state index in [4.69, 9.17) is 4.74 Å². The monoisotopic (exact) mass is 376 g/mol. The van der Waals surface area contributed by atoms with Crippen molar-refractivity contribution in [2.75, 3.05) is 45.9 Å². The highest BCUT2D eigenvalue weighted by Crippen LogP contribution is 2.17. The third-order valence-electron chi connectivity index (χ3n) is 4.94. The Morgan fingerprint density at radius 3 is 2.04 bits per heavy atom. The Kier molecular flexibility index (Phi) is 6.10. The number of nitro benzene ring substituents is 1. The zero-order chi connectivity index (χ0) is 19.2. The maximum Gasteiger partial charge on any atom is 0.320 e. The van der Waals surface area contributed by atoms with Gasteiger partial charge in [0.2, 0.25) is 0 Å². The lowest BCUT2D eigenvalue weighted by Crippen LogP contribution is -2.55. The van der Waals surface area contributed by atoms with Crippen LogP contribution in [0.5, 0.6) is 5.75 Å². The summed E-state index contributed by atoms with van der Waals surface area (Å²) in [6.45, 7) is 3.54. The molecule has 0 radical (unpaired) electrons. The Hall–Kier alpha value is -2.84. The van der Waals surface area contributed by atoms with Gasteiger partial charge in [0.15, 0.2) is 6.61 Å². The summed E-state index contributed by atoms with van der Waals surface area (Å²) in [5.41, 5.74) is -0.0248. The summed E-state index contributed by atoms with van der Waals surface area (Å²) in [4.78, 5) is 40.3. The van der Waals surface area contributed by atoms with Crippen LogP contribution in [0.15, 0.2) is 24.3 Å². The molecule has 0 unspecified atom stereocenters. The van der Waals surface area contributed by atoms with Crippen LogP contribution in [0.2, 0.25) is 0 Å². The topological polar surface area (TPSA) is 96.2 Å². The number of hydrogen-bond donors (Lipinski definition) is 0. The van der Waals surface area contributed by atoms with Gasteiger partial charge in [-0.1, -0.05) is 0 Å². The molecule has 146 valence electrons. The highest BCUT2D eigenvalue weighted by atomic mass is 16.6. The first-order chi connectivity index (χ1) is 13.0. The number of non-ortho nitro benzene ring substituents is 1. The summed E-state index contributed by atoms with van der Waals surface area (Å²) >= 11 is 0. The minimum absolute atomic E-state index is 0.0248. The predicted molar refractivity (Wildman–Crippen MR) is 97.6 cm³/mol. The van der Waals surface area contributed by atoms with Gasteiger partial charge in [0.25, 0.3) is 11.6 Å². The highest BCUT2D eigenvalue weighted by molar-refractivity contribution is 5.79. The van der Waals surface area contributed by atoms with Gasteiger partial charge in [-0.05, 0) is 31.4 Å². The molecule has 9 heteroatoms. The quantitative estimate of drug-likeness (QED) is 0.589. The van der Waals surface area contributed by atoms with E-state index in [2.05, 4.69) is 0 Å². The Labute approximate surface area is 157 Å². The molecule has 0 bridgehead atoms. The van der Waals surface area contributed by atoms with Gasteiger partial charge >= 0.3 is 6.03 Å². The number of piperidine rings is 1. The van der Waals surface area contributed by atoms with E-state index in [0.717, 1.165) is 25.9 Å². The number of ether oxygens (including phenoxy) is 1. The lowest BCUT2D eigenvalue weighted by atomic mass is 10.1. The number of piperazine rings is 1. The first-order valence-corrected chi connectivity index (χ1v) is 9.23. The first-order valence-electron chi connectivity index (χ1n) is 9.23. The van der Waals surface area contributed by atoms with E-state index in [1.165, 1.54) is 30.7 Å². The van der Waals surface area contributed by atoms with Gasteiger partial charge in [-0.2, -0.15) is 0 Å². The molecule has 1 aromatic carbocycles. The molecule has 0 atom stereocenters. The number of amides is 3. The minimum Gasteiger partial charge on any atom is -0.484 e. The molecular weight excluding hydrogens is 352 g/mol. The number of nitrogens with zero attached hydrogens (tertiary/aromatic N) is 4. The summed E-state index contributed by atoms with van der Waals surface area (Å²) in [6, 6.07) is 5.69. The average molecular weight is 376 g/mol. The molecule has 0 spiro atoms. The summed E-state index contributed by atoms with van der Waals surface area (Å²) in [5.74, 6) is 0.256. The van der Waals surface area contributed by atoms with Crippen LogP contribution < -0.4 is 4.74 Å². The minimum atomic E-state index is -0.487. The average Bonchev–Trinajstić information content (AvgIpc) is 2.72. The van der Waals surface area contributed by atoms with Gasteiger partial charge in [-0.25, -0.2) is 4.79 Å². The Morgan fingerprint density at radius 1 is 0.889 bits per heavy atom. The van der Waals surface area contributed by atoms with Crippen molar-refractivity contribution in [2.24, 2.45) is 0 Å². The van der Waals surface area contributed by atoms with Crippen molar-refractivity contribution >= 4 is 17.6 Å². The standard InChI is InChI=1S/C18H24N4O5/c23-17(14-27-16-6-4-15(5-7-16)22(25)26)19-10-12-21(13-11-19)18(24)20-8-2-1-3-9-20/h4-7H,1-3,8-14H2. The normalized spacial score (nSPS) is 17.6. The number of benzene rings is 1. The van der Waals surface area contributed by atoms with Gasteiger partial charge in [-0.3, -0.25) is 14.9 Å². The van der Waals surface area contributed by atoms with Gasteiger partial charge < -0.3 is 19.4 Å². The zero-order valence-electron chi connectivity index (χ0n) is 15.2. The summed E-state index contributed by atoms with van der Waals surface area (Å²) < 4.78 is 5.42. The molecular formula is C18H24N4O5. The van der Waals surface area contributed by atoms with E-state index in [1.54, 1.807) is 4.90 Å². The second kappa shape index (κ2) is 8.70. The van der Waals surface area contributed by atoms with Crippen molar-refractivity contribution in [2.45, 2.75) is 19.3 Å². The van der Waals surface area contributed by atoms with Crippen LogP contribution in [0.4, 0.5) is 10.5 Å². The summed E-state index contributed by atoms with van der Waals surface area (Å²) in [5, 5.41) is 10.6. The number of nitro groups is 1. The molecule has 2 fully saturated rings.